The number of hydrogen-bond donors (Lipinski definition) is 2. The van der Waals surface area contributed by atoms with E-state index < -0.39 is 0 Å². The SMILES string of the molecule is O=C(Cc1ccc(O)cc1)NCCn1nc(-c2cccs2)ccc1=O. The van der Waals surface area contributed by atoms with E-state index in [0.717, 1.165) is 16.1 Å². The number of benzene rings is 1. The first kappa shape index (κ1) is 16.9. The Kier molecular flexibility index (Phi) is 5.25. The lowest BCUT2D eigenvalue weighted by Crippen LogP contribution is -2.32. The summed E-state index contributed by atoms with van der Waals surface area (Å²) in [5.41, 5.74) is 1.35. The zero-order valence-corrected chi connectivity index (χ0v) is 14.2. The van der Waals surface area contributed by atoms with Gasteiger partial charge in [0.1, 0.15) is 11.4 Å². The van der Waals surface area contributed by atoms with Gasteiger partial charge in [-0.25, -0.2) is 4.68 Å². The molecular weight excluding hydrogens is 338 g/mol. The van der Waals surface area contributed by atoms with Gasteiger partial charge in [-0.1, -0.05) is 18.2 Å². The highest BCUT2D eigenvalue weighted by molar-refractivity contribution is 7.13. The first-order valence-corrected chi connectivity index (χ1v) is 8.66. The van der Waals surface area contributed by atoms with E-state index in [0.29, 0.717) is 13.1 Å². The maximum absolute atomic E-state index is 11.9. The molecule has 0 spiro atoms. The molecule has 2 aromatic heterocycles. The Morgan fingerprint density at radius 1 is 1.16 bits per heavy atom. The van der Waals surface area contributed by atoms with Crippen LogP contribution < -0.4 is 10.9 Å². The number of amides is 1. The minimum Gasteiger partial charge on any atom is -0.508 e. The van der Waals surface area contributed by atoms with Crippen LogP contribution in [0.1, 0.15) is 5.56 Å². The number of carbonyl (C=O) groups excluding carboxylic acids is 1. The molecule has 3 aromatic rings. The molecule has 0 aliphatic rings. The summed E-state index contributed by atoms with van der Waals surface area (Å²) in [6.45, 7) is 0.622. The summed E-state index contributed by atoms with van der Waals surface area (Å²) < 4.78 is 1.36. The maximum Gasteiger partial charge on any atom is 0.266 e. The second-order valence-corrected chi connectivity index (χ2v) is 6.40. The molecule has 1 aromatic carbocycles. The van der Waals surface area contributed by atoms with Gasteiger partial charge in [0.15, 0.2) is 0 Å². The number of rotatable bonds is 6. The van der Waals surface area contributed by atoms with E-state index in [1.54, 1.807) is 41.7 Å². The lowest BCUT2D eigenvalue weighted by molar-refractivity contribution is -0.120. The minimum absolute atomic E-state index is 0.145. The fourth-order valence-corrected chi connectivity index (χ4v) is 3.02. The van der Waals surface area contributed by atoms with Crippen molar-refractivity contribution in [3.63, 3.8) is 0 Å². The number of nitrogens with zero attached hydrogens (tertiary/aromatic N) is 2. The number of aromatic nitrogens is 2. The summed E-state index contributed by atoms with van der Waals surface area (Å²) in [7, 11) is 0. The molecule has 1 amide bonds. The van der Waals surface area contributed by atoms with Crippen molar-refractivity contribution in [3.05, 3.63) is 69.8 Å². The van der Waals surface area contributed by atoms with Crippen molar-refractivity contribution >= 4 is 17.2 Å². The van der Waals surface area contributed by atoms with Crippen molar-refractivity contribution < 1.29 is 9.90 Å². The van der Waals surface area contributed by atoms with Crippen LogP contribution >= 0.6 is 11.3 Å². The molecule has 3 rings (SSSR count). The fraction of sp³-hybridized carbons (Fsp3) is 0.167. The van der Waals surface area contributed by atoms with Gasteiger partial charge < -0.3 is 10.4 Å². The third-order valence-corrected chi connectivity index (χ3v) is 4.48. The second-order valence-electron chi connectivity index (χ2n) is 5.45. The highest BCUT2D eigenvalue weighted by Gasteiger charge is 2.06. The molecule has 0 atom stereocenters. The van der Waals surface area contributed by atoms with Gasteiger partial charge in [0.2, 0.25) is 5.91 Å². The standard InChI is InChI=1S/C18H17N3O3S/c22-14-5-3-13(4-6-14)12-17(23)19-9-10-21-18(24)8-7-15(20-21)16-2-1-11-25-16/h1-8,11,22H,9-10,12H2,(H,19,23). The van der Waals surface area contributed by atoms with Crippen molar-refractivity contribution in [2.75, 3.05) is 6.54 Å². The molecule has 0 saturated heterocycles. The maximum atomic E-state index is 11.9. The van der Waals surface area contributed by atoms with E-state index >= 15 is 0 Å². The zero-order chi connectivity index (χ0) is 17.6. The van der Waals surface area contributed by atoms with Crippen LogP contribution in [0.2, 0.25) is 0 Å². The number of phenols is 1. The summed E-state index contributed by atoms with van der Waals surface area (Å²) in [5.74, 6) is 0.0216. The molecule has 2 heterocycles. The van der Waals surface area contributed by atoms with Crippen LogP contribution in [0.4, 0.5) is 0 Å². The van der Waals surface area contributed by atoms with Crippen LogP contribution in [0.25, 0.3) is 10.6 Å². The zero-order valence-electron chi connectivity index (χ0n) is 13.4. The van der Waals surface area contributed by atoms with Gasteiger partial charge in [-0.2, -0.15) is 5.10 Å². The fourth-order valence-electron chi connectivity index (χ4n) is 2.33. The Hall–Kier alpha value is -2.93. The molecule has 0 saturated carbocycles. The van der Waals surface area contributed by atoms with Crippen LogP contribution in [-0.4, -0.2) is 27.3 Å². The molecule has 0 radical (unpaired) electrons. The summed E-state index contributed by atoms with van der Waals surface area (Å²) >= 11 is 1.56. The minimum atomic E-state index is -0.201. The molecule has 6 nitrogen and oxygen atoms in total. The van der Waals surface area contributed by atoms with Crippen LogP contribution in [0.3, 0.4) is 0 Å². The summed E-state index contributed by atoms with van der Waals surface area (Å²) in [5, 5.41) is 18.3. The van der Waals surface area contributed by atoms with Crippen molar-refractivity contribution in [3.8, 4) is 16.3 Å². The van der Waals surface area contributed by atoms with Crippen LogP contribution in [0.5, 0.6) is 5.75 Å². The van der Waals surface area contributed by atoms with Crippen molar-refractivity contribution in [2.24, 2.45) is 0 Å². The topological polar surface area (TPSA) is 84.2 Å². The predicted octanol–water partition coefficient (Wildman–Crippen LogP) is 2.04. The first-order chi connectivity index (χ1) is 12.1. The number of phenolic OH excluding ortho intramolecular Hbond substituents is 1. The molecule has 25 heavy (non-hydrogen) atoms. The highest BCUT2D eigenvalue weighted by atomic mass is 32.1. The summed E-state index contributed by atoms with van der Waals surface area (Å²) in [6, 6.07) is 13.6. The van der Waals surface area contributed by atoms with Crippen molar-refractivity contribution in [1.29, 1.82) is 0 Å². The Morgan fingerprint density at radius 3 is 2.68 bits per heavy atom. The van der Waals surface area contributed by atoms with Gasteiger partial charge >= 0.3 is 0 Å². The van der Waals surface area contributed by atoms with Crippen molar-refractivity contribution in [2.45, 2.75) is 13.0 Å². The van der Waals surface area contributed by atoms with Crippen LogP contribution in [0, 0.1) is 0 Å². The lowest BCUT2D eigenvalue weighted by Gasteiger charge is -2.08. The third-order valence-electron chi connectivity index (χ3n) is 3.59. The van der Waals surface area contributed by atoms with E-state index in [4.69, 9.17) is 0 Å². The number of thiophene rings is 1. The number of hydrogen-bond acceptors (Lipinski definition) is 5. The van der Waals surface area contributed by atoms with Gasteiger partial charge in [-0.3, -0.25) is 9.59 Å². The van der Waals surface area contributed by atoms with E-state index in [1.807, 2.05) is 17.5 Å². The number of aromatic hydroxyl groups is 1. The van der Waals surface area contributed by atoms with E-state index in [9.17, 15) is 14.7 Å². The Balaban J connectivity index is 1.56. The van der Waals surface area contributed by atoms with Gasteiger partial charge in [-0.15, -0.1) is 11.3 Å². The Labute approximate surface area is 148 Å². The Morgan fingerprint density at radius 2 is 1.96 bits per heavy atom. The first-order valence-electron chi connectivity index (χ1n) is 7.78. The van der Waals surface area contributed by atoms with Gasteiger partial charge in [0, 0.05) is 12.6 Å². The molecule has 0 fully saturated rings. The van der Waals surface area contributed by atoms with Crippen LogP contribution in [-0.2, 0) is 17.8 Å². The van der Waals surface area contributed by atoms with E-state index in [2.05, 4.69) is 10.4 Å². The monoisotopic (exact) mass is 355 g/mol. The molecule has 0 aliphatic carbocycles. The highest BCUT2D eigenvalue weighted by Crippen LogP contribution is 2.20. The summed E-state index contributed by atoms with van der Waals surface area (Å²) in [6.07, 6.45) is 0.220. The van der Waals surface area contributed by atoms with Crippen LogP contribution in [0.15, 0.2) is 58.7 Å². The molecule has 128 valence electrons. The average molecular weight is 355 g/mol. The van der Waals surface area contributed by atoms with Gasteiger partial charge in [-0.05, 0) is 35.2 Å². The molecule has 0 bridgehead atoms. The van der Waals surface area contributed by atoms with Gasteiger partial charge in [0.25, 0.3) is 5.56 Å². The Bertz CT molecular complexity index is 902. The largest absolute Gasteiger partial charge is 0.508 e. The van der Waals surface area contributed by atoms with E-state index in [-0.39, 0.29) is 23.6 Å². The second kappa shape index (κ2) is 7.76. The third kappa shape index (κ3) is 4.54. The molecule has 7 heteroatoms. The smallest absolute Gasteiger partial charge is 0.266 e. The lowest BCUT2D eigenvalue weighted by atomic mass is 10.1. The molecular formula is C18H17N3O3S. The molecule has 2 N–H and O–H groups in total. The normalized spacial score (nSPS) is 10.6. The molecule has 0 aliphatic heterocycles. The van der Waals surface area contributed by atoms with Gasteiger partial charge in [0.05, 0.1) is 17.8 Å². The number of carbonyl (C=O) groups is 1. The van der Waals surface area contributed by atoms with E-state index in [1.165, 1.54) is 10.7 Å². The predicted molar refractivity (Wildman–Crippen MR) is 96.6 cm³/mol. The summed E-state index contributed by atoms with van der Waals surface area (Å²) in [4.78, 5) is 24.8. The average Bonchev–Trinajstić information content (AvgIpc) is 3.13. The quantitative estimate of drug-likeness (QED) is 0.709. The molecule has 0 unspecified atom stereocenters. The number of nitrogens with one attached hydrogen (secondary N) is 1. The van der Waals surface area contributed by atoms with Crippen molar-refractivity contribution in [1.82, 2.24) is 15.1 Å².